The number of morpholine rings is 1. The molecule has 3 rings (SSSR count). The van der Waals surface area contributed by atoms with Crippen molar-refractivity contribution in [3.8, 4) is 5.69 Å². The van der Waals surface area contributed by atoms with Crippen molar-refractivity contribution in [2.24, 2.45) is 0 Å². The Labute approximate surface area is 173 Å². The SMILES string of the molecule is Cc1cc(C(=O)C[NH+]2C[C@@H](C)O[C@H](C)C2)c(C)n1-c1ccc(Cl)c(C(F)(F)F)c1. The minimum Gasteiger partial charge on any atom is -0.364 e. The molecule has 8 heteroatoms. The van der Waals surface area contributed by atoms with Crippen molar-refractivity contribution >= 4 is 17.4 Å². The quantitative estimate of drug-likeness (QED) is 0.753. The number of halogens is 4. The fourth-order valence-electron chi connectivity index (χ4n) is 4.17. The predicted molar refractivity (Wildman–Crippen MR) is 105 cm³/mol. The van der Waals surface area contributed by atoms with Crippen LogP contribution in [0.25, 0.3) is 5.69 Å². The summed E-state index contributed by atoms with van der Waals surface area (Å²) in [6.07, 6.45) is -4.37. The fourth-order valence-corrected chi connectivity index (χ4v) is 4.39. The van der Waals surface area contributed by atoms with E-state index in [1.165, 1.54) is 12.1 Å². The van der Waals surface area contributed by atoms with Crippen LogP contribution >= 0.6 is 11.6 Å². The van der Waals surface area contributed by atoms with E-state index in [9.17, 15) is 18.0 Å². The number of alkyl halides is 3. The maximum Gasteiger partial charge on any atom is 0.417 e. The van der Waals surface area contributed by atoms with E-state index in [0.29, 0.717) is 29.2 Å². The van der Waals surface area contributed by atoms with Gasteiger partial charge in [0.05, 0.1) is 10.6 Å². The van der Waals surface area contributed by atoms with E-state index in [-0.39, 0.29) is 23.0 Å². The lowest BCUT2D eigenvalue weighted by Crippen LogP contribution is -3.16. The van der Waals surface area contributed by atoms with E-state index < -0.39 is 11.7 Å². The Balaban J connectivity index is 1.90. The Bertz CT molecular complexity index is 913. The number of aryl methyl sites for hydroxylation is 1. The van der Waals surface area contributed by atoms with Crippen LogP contribution in [-0.2, 0) is 10.9 Å². The molecule has 0 radical (unpaired) electrons. The number of ketones is 1. The van der Waals surface area contributed by atoms with Crippen LogP contribution in [0.15, 0.2) is 24.3 Å². The van der Waals surface area contributed by atoms with E-state index in [1.54, 1.807) is 24.5 Å². The van der Waals surface area contributed by atoms with Gasteiger partial charge in [-0.1, -0.05) is 11.6 Å². The van der Waals surface area contributed by atoms with Gasteiger partial charge in [-0.15, -0.1) is 0 Å². The van der Waals surface area contributed by atoms with Crippen molar-refractivity contribution in [3.05, 3.63) is 51.8 Å². The summed E-state index contributed by atoms with van der Waals surface area (Å²) in [7, 11) is 0. The molecule has 0 aliphatic carbocycles. The first kappa shape index (κ1) is 21.9. The van der Waals surface area contributed by atoms with Gasteiger partial charge in [-0.25, -0.2) is 0 Å². The second-order valence-corrected chi connectivity index (χ2v) is 8.20. The number of Topliss-reactive ketones (excluding diaryl/α,β-unsaturated/α-hetero) is 1. The van der Waals surface area contributed by atoms with Crippen LogP contribution < -0.4 is 4.90 Å². The molecule has 29 heavy (non-hydrogen) atoms. The molecule has 1 N–H and O–H groups in total. The summed E-state index contributed by atoms with van der Waals surface area (Å²) in [5, 5.41) is -0.348. The minimum atomic E-state index is -4.55. The van der Waals surface area contributed by atoms with Gasteiger partial charge in [-0.3, -0.25) is 4.79 Å². The summed E-state index contributed by atoms with van der Waals surface area (Å²) in [4.78, 5) is 14.1. The molecule has 1 aromatic carbocycles. The molecule has 0 unspecified atom stereocenters. The molecule has 0 spiro atoms. The molecular weight excluding hydrogens is 405 g/mol. The highest BCUT2D eigenvalue weighted by Crippen LogP contribution is 2.36. The van der Waals surface area contributed by atoms with Gasteiger partial charge < -0.3 is 14.2 Å². The monoisotopic (exact) mass is 429 g/mol. The van der Waals surface area contributed by atoms with E-state index in [0.717, 1.165) is 24.1 Å². The maximum atomic E-state index is 13.2. The van der Waals surface area contributed by atoms with Gasteiger partial charge >= 0.3 is 6.18 Å². The molecule has 2 heterocycles. The molecule has 4 nitrogen and oxygen atoms in total. The second-order valence-electron chi connectivity index (χ2n) is 7.80. The number of hydrogen-bond acceptors (Lipinski definition) is 2. The number of nitrogens with one attached hydrogen (secondary N) is 1. The Kier molecular flexibility index (Phi) is 6.13. The third kappa shape index (κ3) is 4.68. The van der Waals surface area contributed by atoms with Crippen molar-refractivity contribution in [2.45, 2.75) is 46.1 Å². The molecule has 1 aliphatic rings. The van der Waals surface area contributed by atoms with Gasteiger partial charge in [0, 0.05) is 22.6 Å². The number of hydrogen-bond donors (Lipinski definition) is 1. The third-order valence-electron chi connectivity index (χ3n) is 5.27. The van der Waals surface area contributed by atoms with E-state index >= 15 is 0 Å². The van der Waals surface area contributed by atoms with Crippen LogP contribution in [0.3, 0.4) is 0 Å². The van der Waals surface area contributed by atoms with Gasteiger partial charge in [0.2, 0.25) is 5.78 Å². The van der Waals surface area contributed by atoms with Crippen LogP contribution in [0, 0.1) is 13.8 Å². The normalized spacial score (nSPS) is 22.7. The van der Waals surface area contributed by atoms with Crippen molar-refractivity contribution in [1.29, 1.82) is 0 Å². The maximum absolute atomic E-state index is 13.2. The van der Waals surface area contributed by atoms with Crippen molar-refractivity contribution in [3.63, 3.8) is 0 Å². The van der Waals surface area contributed by atoms with Gasteiger partial charge in [-0.2, -0.15) is 13.2 Å². The largest absolute Gasteiger partial charge is 0.417 e. The van der Waals surface area contributed by atoms with Crippen LogP contribution in [0.1, 0.15) is 41.2 Å². The molecule has 1 aromatic heterocycles. The molecule has 2 aromatic rings. The predicted octanol–water partition coefficient (Wildman–Crippen LogP) is 3.64. The zero-order valence-corrected chi connectivity index (χ0v) is 17.6. The van der Waals surface area contributed by atoms with Crippen LogP contribution in [0.2, 0.25) is 5.02 Å². The molecule has 1 saturated heterocycles. The standard InChI is InChI=1S/C21H24ClF3N2O2/c1-12-7-17(20(28)11-26-9-13(2)29-14(3)10-26)15(4)27(12)16-5-6-19(22)18(8-16)21(23,24)25/h5-8,13-14H,9-11H2,1-4H3/p+1/t13-,14-/m1/s1. The molecule has 1 aliphatic heterocycles. The number of ether oxygens (including phenoxy) is 1. The summed E-state index contributed by atoms with van der Waals surface area (Å²) >= 11 is 5.74. The number of benzene rings is 1. The highest BCUT2D eigenvalue weighted by Gasteiger charge is 2.34. The van der Waals surface area contributed by atoms with Gasteiger partial charge in [0.1, 0.15) is 31.8 Å². The van der Waals surface area contributed by atoms with Crippen LogP contribution in [0.5, 0.6) is 0 Å². The first-order valence-electron chi connectivity index (χ1n) is 9.55. The number of aromatic nitrogens is 1. The molecule has 0 bridgehead atoms. The third-order valence-corrected chi connectivity index (χ3v) is 5.60. The van der Waals surface area contributed by atoms with Crippen LogP contribution in [0.4, 0.5) is 13.2 Å². The lowest BCUT2D eigenvalue weighted by atomic mass is 10.1. The lowest BCUT2D eigenvalue weighted by molar-refractivity contribution is -0.906. The summed E-state index contributed by atoms with van der Waals surface area (Å²) in [5.74, 6) is -0.0225. The Morgan fingerprint density at radius 3 is 2.41 bits per heavy atom. The van der Waals surface area contributed by atoms with E-state index in [2.05, 4.69) is 0 Å². The highest BCUT2D eigenvalue weighted by atomic mass is 35.5. The average molecular weight is 430 g/mol. The van der Waals surface area contributed by atoms with Gasteiger partial charge in [0.25, 0.3) is 0 Å². The topological polar surface area (TPSA) is 35.7 Å². The Hall–Kier alpha value is -1.83. The van der Waals surface area contributed by atoms with Crippen molar-refractivity contribution < 1.29 is 27.6 Å². The first-order chi connectivity index (χ1) is 13.5. The minimum absolute atomic E-state index is 0.0225. The van der Waals surface area contributed by atoms with Crippen molar-refractivity contribution in [1.82, 2.24) is 4.57 Å². The molecule has 0 amide bonds. The number of quaternary nitrogens is 1. The second kappa shape index (κ2) is 8.13. The number of carbonyl (C=O) groups excluding carboxylic acids is 1. The average Bonchev–Trinajstić information content (AvgIpc) is 2.88. The zero-order chi connectivity index (χ0) is 21.5. The van der Waals surface area contributed by atoms with E-state index in [4.69, 9.17) is 16.3 Å². The molecular formula is C21H25ClF3N2O2+. The molecule has 1 fully saturated rings. The molecule has 0 saturated carbocycles. The number of nitrogens with zero attached hydrogens (tertiary/aromatic N) is 1. The highest BCUT2D eigenvalue weighted by molar-refractivity contribution is 6.31. The summed E-state index contributed by atoms with van der Waals surface area (Å²) < 4.78 is 47.1. The number of rotatable bonds is 4. The number of carbonyl (C=O) groups is 1. The smallest absolute Gasteiger partial charge is 0.364 e. The van der Waals surface area contributed by atoms with Crippen molar-refractivity contribution in [2.75, 3.05) is 19.6 Å². The van der Waals surface area contributed by atoms with Crippen LogP contribution in [-0.4, -0.2) is 42.2 Å². The Morgan fingerprint density at radius 2 is 1.83 bits per heavy atom. The Morgan fingerprint density at radius 1 is 1.21 bits per heavy atom. The first-order valence-corrected chi connectivity index (χ1v) is 9.93. The summed E-state index contributed by atoms with van der Waals surface area (Å²) in [6.45, 7) is 9.34. The van der Waals surface area contributed by atoms with Gasteiger partial charge in [-0.05, 0) is 52.0 Å². The van der Waals surface area contributed by atoms with E-state index in [1.807, 2.05) is 13.8 Å². The zero-order valence-electron chi connectivity index (χ0n) is 16.9. The molecule has 158 valence electrons. The summed E-state index contributed by atoms with van der Waals surface area (Å²) in [5.41, 5.74) is 1.29. The fraction of sp³-hybridized carbons (Fsp3) is 0.476. The van der Waals surface area contributed by atoms with Gasteiger partial charge in [0.15, 0.2) is 0 Å². The molecule has 2 atom stereocenters. The summed E-state index contributed by atoms with van der Waals surface area (Å²) in [6, 6.07) is 5.53. The lowest BCUT2D eigenvalue weighted by Gasteiger charge is -2.31.